The maximum absolute atomic E-state index is 9.38. The zero-order valence-electron chi connectivity index (χ0n) is 9.60. The van der Waals surface area contributed by atoms with Crippen molar-refractivity contribution in [2.75, 3.05) is 24.7 Å². The molecule has 0 aliphatic heterocycles. The van der Waals surface area contributed by atoms with Crippen molar-refractivity contribution in [3.05, 3.63) is 6.33 Å². The molecule has 6 heteroatoms. The number of nitrogens with one attached hydrogen (secondary N) is 1. The van der Waals surface area contributed by atoms with Crippen LogP contribution in [0.2, 0.25) is 0 Å². The number of nitrogen functional groups attached to an aromatic ring is 1. The first-order valence-corrected chi connectivity index (χ1v) is 5.25. The molecule has 0 saturated carbocycles. The summed E-state index contributed by atoms with van der Waals surface area (Å²) in [5, 5.41) is 12.4. The number of ether oxygens (including phenoxy) is 1. The van der Waals surface area contributed by atoms with Gasteiger partial charge in [-0.25, -0.2) is 4.98 Å². The Hall–Kier alpha value is -1.56. The van der Waals surface area contributed by atoms with E-state index in [1.54, 1.807) is 0 Å². The van der Waals surface area contributed by atoms with E-state index in [-0.39, 0.29) is 6.10 Å². The Kier molecular flexibility index (Phi) is 4.78. The van der Waals surface area contributed by atoms with Crippen LogP contribution in [0, 0.1) is 0 Å². The average molecular weight is 226 g/mol. The Balaban J connectivity index is 2.54. The summed E-state index contributed by atoms with van der Waals surface area (Å²) < 4.78 is 4.97. The van der Waals surface area contributed by atoms with Crippen LogP contribution in [0.1, 0.15) is 19.8 Å². The molecule has 0 bridgehead atoms. The topological polar surface area (TPSA) is 93.3 Å². The van der Waals surface area contributed by atoms with E-state index < -0.39 is 0 Å². The molecule has 1 heterocycles. The molecular formula is C10H18N4O2. The molecule has 1 unspecified atom stereocenters. The lowest BCUT2D eigenvalue weighted by Gasteiger charge is -2.11. The van der Waals surface area contributed by atoms with E-state index in [4.69, 9.17) is 10.5 Å². The third kappa shape index (κ3) is 3.23. The zero-order valence-corrected chi connectivity index (χ0v) is 9.60. The maximum atomic E-state index is 9.38. The lowest BCUT2D eigenvalue weighted by atomic mass is 10.2. The molecule has 4 N–H and O–H groups in total. The highest BCUT2D eigenvalue weighted by molar-refractivity contribution is 5.66. The number of nitrogens with two attached hydrogens (primary N) is 1. The van der Waals surface area contributed by atoms with Gasteiger partial charge in [0.2, 0.25) is 5.88 Å². The number of anilines is 2. The van der Waals surface area contributed by atoms with E-state index in [2.05, 4.69) is 15.3 Å². The van der Waals surface area contributed by atoms with Crippen molar-refractivity contribution in [2.24, 2.45) is 0 Å². The lowest BCUT2D eigenvalue weighted by molar-refractivity contribution is 0.164. The molecule has 1 aromatic rings. The molecule has 6 nitrogen and oxygen atoms in total. The maximum Gasteiger partial charge on any atom is 0.242 e. The molecule has 0 fully saturated rings. The van der Waals surface area contributed by atoms with E-state index in [0.717, 1.165) is 6.42 Å². The first kappa shape index (κ1) is 12.5. The normalized spacial score (nSPS) is 12.2. The van der Waals surface area contributed by atoms with E-state index in [1.165, 1.54) is 13.4 Å². The highest BCUT2D eigenvalue weighted by Crippen LogP contribution is 2.23. The number of hydrogen-bond acceptors (Lipinski definition) is 6. The number of methoxy groups -OCH3 is 1. The Morgan fingerprint density at radius 3 is 2.94 bits per heavy atom. The molecule has 0 spiro atoms. The number of aliphatic hydroxyl groups excluding tert-OH is 1. The standard InChI is InChI=1S/C10H18N4O2/c1-3-7(15)4-5-12-9-8(11)10(16-2)14-6-13-9/h6-7,15H,3-5,11H2,1-2H3,(H,12,13,14). The largest absolute Gasteiger partial charge is 0.479 e. The lowest BCUT2D eigenvalue weighted by Crippen LogP contribution is -2.14. The summed E-state index contributed by atoms with van der Waals surface area (Å²) in [6.45, 7) is 2.55. The van der Waals surface area contributed by atoms with Crippen LogP contribution < -0.4 is 15.8 Å². The molecular weight excluding hydrogens is 208 g/mol. The van der Waals surface area contributed by atoms with Gasteiger partial charge in [-0.05, 0) is 12.8 Å². The quantitative estimate of drug-likeness (QED) is 0.659. The molecule has 1 atom stereocenters. The summed E-state index contributed by atoms with van der Waals surface area (Å²) in [6, 6.07) is 0. The molecule has 1 rings (SSSR count). The molecule has 0 amide bonds. The molecule has 0 aliphatic rings. The summed E-state index contributed by atoms with van der Waals surface area (Å²) in [7, 11) is 1.50. The van der Waals surface area contributed by atoms with Crippen LogP contribution >= 0.6 is 0 Å². The Labute approximate surface area is 94.9 Å². The van der Waals surface area contributed by atoms with Crippen molar-refractivity contribution in [3.63, 3.8) is 0 Å². The van der Waals surface area contributed by atoms with Gasteiger partial charge >= 0.3 is 0 Å². The van der Waals surface area contributed by atoms with Gasteiger partial charge in [0.05, 0.1) is 13.2 Å². The van der Waals surface area contributed by atoms with Gasteiger partial charge < -0.3 is 20.9 Å². The van der Waals surface area contributed by atoms with Gasteiger partial charge in [-0.3, -0.25) is 0 Å². The number of aliphatic hydroxyl groups is 1. The second-order valence-corrected chi connectivity index (χ2v) is 3.42. The van der Waals surface area contributed by atoms with Crippen LogP contribution in [0.5, 0.6) is 5.88 Å². The van der Waals surface area contributed by atoms with Gasteiger partial charge in [0, 0.05) is 6.54 Å². The zero-order chi connectivity index (χ0) is 12.0. The molecule has 0 saturated heterocycles. The van der Waals surface area contributed by atoms with Crippen LogP contribution in [-0.4, -0.2) is 34.8 Å². The third-order valence-electron chi connectivity index (χ3n) is 2.28. The molecule has 1 aromatic heterocycles. The smallest absolute Gasteiger partial charge is 0.242 e. The van der Waals surface area contributed by atoms with Crippen molar-refractivity contribution in [1.29, 1.82) is 0 Å². The number of hydrogen-bond donors (Lipinski definition) is 3. The van der Waals surface area contributed by atoms with E-state index >= 15 is 0 Å². The third-order valence-corrected chi connectivity index (χ3v) is 2.28. The molecule has 0 radical (unpaired) electrons. The number of aromatic nitrogens is 2. The van der Waals surface area contributed by atoms with E-state index in [1.807, 2.05) is 6.92 Å². The molecule has 0 aliphatic carbocycles. The highest BCUT2D eigenvalue weighted by Gasteiger charge is 2.08. The predicted molar refractivity (Wildman–Crippen MR) is 62.4 cm³/mol. The number of rotatable bonds is 6. The Morgan fingerprint density at radius 2 is 2.31 bits per heavy atom. The predicted octanol–water partition coefficient (Wildman–Crippen LogP) is 0.640. The van der Waals surface area contributed by atoms with Crippen LogP contribution in [-0.2, 0) is 0 Å². The van der Waals surface area contributed by atoms with Crippen molar-refractivity contribution in [2.45, 2.75) is 25.9 Å². The SMILES string of the molecule is CCC(O)CCNc1ncnc(OC)c1N. The minimum atomic E-state index is -0.294. The first-order chi connectivity index (χ1) is 7.69. The average Bonchev–Trinajstić information content (AvgIpc) is 2.31. The van der Waals surface area contributed by atoms with Crippen LogP contribution in [0.15, 0.2) is 6.33 Å². The summed E-state index contributed by atoms with van der Waals surface area (Å²) in [5.41, 5.74) is 6.15. The van der Waals surface area contributed by atoms with E-state index in [0.29, 0.717) is 30.4 Å². The fraction of sp³-hybridized carbons (Fsp3) is 0.600. The van der Waals surface area contributed by atoms with Gasteiger partial charge in [0.1, 0.15) is 12.0 Å². The number of nitrogens with zero attached hydrogens (tertiary/aromatic N) is 2. The summed E-state index contributed by atoms with van der Waals surface area (Å²) in [6.07, 6.45) is 2.48. The van der Waals surface area contributed by atoms with E-state index in [9.17, 15) is 5.11 Å². The minimum Gasteiger partial charge on any atom is -0.479 e. The van der Waals surface area contributed by atoms with Crippen LogP contribution in [0.25, 0.3) is 0 Å². The first-order valence-electron chi connectivity index (χ1n) is 5.25. The van der Waals surface area contributed by atoms with Crippen molar-refractivity contribution >= 4 is 11.5 Å². The summed E-state index contributed by atoms with van der Waals surface area (Å²) >= 11 is 0. The fourth-order valence-electron chi connectivity index (χ4n) is 1.24. The molecule has 90 valence electrons. The van der Waals surface area contributed by atoms with Crippen LogP contribution in [0.4, 0.5) is 11.5 Å². The monoisotopic (exact) mass is 226 g/mol. The van der Waals surface area contributed by atoms with Crippen LogP contribution in [0.3, 0.4) is 0 Å². The minimum absolute atomic E-state index is 0.294. The van der Waals surface area contributed by atoms with Gasteiger partial charge in [-0.2, -0.15) is 4.98 Å². The second kappa shape index (κ2) is 6.12. The van der Waals surface area contributed by atoms with Crippen molar-refractivity contribution in [3.8, 4) is 5.88 Å². The second-order valence-electron chi connectivity index (χ2n) is 3.42. The fourth-order valence-corrected chi connectivity index (χ4v) is 1.24. The summed E-state index contributed by atoms with van der Waals surface area (Å²) in [5.74, 6) is 0.892. The van der Waals surface area contributed by atoms with Gasteiger partial charge in [-0.1, -0.05) is 6.92 Å². The van der Waals surface area contributed by atoms with Gasteiger partial charge in [0.25, 0.3) is 0 Å². The van der Waals surface area contributed by atoms with Crippen molar-refractivity contribution < 1.29 is 9.84 Å². The van der Waals surface area contributed by atoms with Gasteiger partial charge in [-0.15, -0.1) is 0 Å². The Morgan fingerprint density at radius 1 is 1.56 bits per heavy atom. The molecule has 16 heavy (non-hydrogen) atoms. The summed E-state index contributed by atoms with van der Waals surface area (Å²) in [4.78, 5) is 7.87. The van der Waals surface area contributed by atoms with Crippen molar-refractivity contribution in [1.82, 2.24) is 9.97 Å². The molecule has 0 aromatic carbocycles. The highest BCUT2D eigenvalue weighted by atomic mass is 16.5. The Bertz CT molecular complexity index is 333. The van der Waals surface area contributed by atoms with Gasteiger partial charge in [0.15, 0.2) is 5.82 Å².